The highest BCUT2D eigenvalue weighted by Crippen LogP contribution is 2.39. The van der Waals surface area contributed by atoms with Gasteiger partial charge in [-0.15, -0.1) is 0 Å². The summed E-state index contributed by atoms with van der Waals surface area (Å²) in [7, 11) is 0. The van der Waals surface area contributed by atoms with E-state index in [0.29, 0.717) is 0 Å². The van der Waals surface area contributed by atoms with E-state index >= 15 is 0 Å². The topological polar surface area (TPSA) is 29.6 Å². The smallest absolute Gasteiger partial charge is 0.163 e. The van der Waals surface area contributed by atoms with Crippen LogP contribution in [0.4, 0.5) is 5.82 Å². The zero-order chi connectivity index (χ0) is 13.6. The molecule has 18 heavy (non-hydrogen) atoms. The number of aromatic nitrogens is 1. The van der Waals surface area contributed by atoms with Crippen LogP contribution in [0.25, 0.3) is 0 Å². The lowest BCUT2D eigenvalue weighted by Crippen LogP contribution is -2.23. The van der Waals surface area contributed by atoms with Gasteiger partial charge in [-0.1, -0.05) is 41.5 Å². The molecule has 3 nitrogen and oxygen atoms in total. The van der Waals surface area contributed by atoms with Crippen molar-refractivity contribution in [1.82, 2.24) is 4.68 Å². The van der Waals surface area contributed by atoms with Crippen LogP contribution in [0.2, 0.25) is 0 Å². The van der Waals surface area contributed by atoms with Crippen LogP contribution in [-0.4, -0.2) is 16.8 Å². The molecule has 0 amide bonds. The maximum Gasteiger partial charge on any atom is 0.163 e. The van der Waals surface area contributed by atoms with Crippen molar-refractivity contribution in [2.75, 3.05) is 0 Å². The molecule has 2 rings (SSSR count). The quantitative estimate of drug-likeness (QED) is 0.663. The molecule has 0 unspecified atom stereocenters. The second-order valence-electron chi connectivity index (χ2n) is 6.75. The average molecular weight is 243 g/mol. The molecule has 0 radical (unpaired) electrons. The molecule has 1 aliphatic heterocycles. The summed E-state index contributed by atoms with van der Waals surface area (Å²) in [6, 6.07) is 2.13. The summed E-state index contributed by atoms with van der Waals surface area (Å²) in [5.74, 6) is 3.73. The van der Waals surface area contributed by atoms with Crippen LogP contribution < -0.4 is 0 Å². The third kappa shape index (κ3) is 2.19. The van der Waals surface area contributed by atoms with Crippen LogP contribution in [0.15, 0.2) is 22.2 Å². The Morgan fingerprint density at radius 2 is 1.72 bits per heavy atom. The number of aliphatic imine (C=N–C) groups is 1. The van der Waals surface area contributed by atoms with E-state index in [9.17, 15) is 0 Å². The van der Waals surface area contributed by atoms with Gasteiger partial charge in [0.15, 0.2) is 5.82 Å². The predicted molar refractivity (Wildman–Crippen MR) is 77.4 cm³/mol. The fourth-order valence-electron chi connectivity index (χ4n) is 2.21. The second-order valence-corrected chi connectivity index (χ2v) is 6.75. The Bertz CT molecular complexity index is 554. The molecule has 0 bridgehead atoms. The number of nitrogens with zero attached hydrogens (tertiary/aromatic N) is 3. The van der Waals surface area contributed by atoms with Gasteiger partial charge in [0.1, 0.15) is 0 Å². The summed E-state index contributed by atoms with van der Waals surface area (Å²) in [4.78, 5) is 4.33. The molecule has 1 aliphatic rings. The summed E-state index contributed by atoms with van der Waals surface area (Å²) in [5, 5.41) is 4.47. The number of rotatable bonds is 0. The Morgan fingerprint density at radius 3 is 2.28 bits per heavy atom. The van der Waals surface area contributed by atoms with Gasteiger partial charge in [0.25, 0.3) is 0 Å². The minimum absolute atomic E-state index is 0.0259. The van der Waals surface area contributed by atoms with Crippen molar-refractivity contribution in [1.29, 1.82) is 0 Å². The van der Waals surface area contributed by atoms with E-state index in [1.807, 2.05) is 4.68 Å². The van der Waals surface area contributed by atoms with Crippen molar-refractivity contribution in [3.8, 4) is 0 Å². The van der Waals surface area contributed by atoms with Crippen LogP contribution in [0.5, 0.6) is 0 Å². The summed E-state index contributed by atoms with van der Waals surface area (Å²) < 4.78 is 1.94. The van der Waals surface area contributed by atoms with Gasteiger partial charge < -0.3 is 0 Å². The molecule has 0 spiro atoms. The lowest BCUT2D eigenvalue weighted by Gasteiger charge is -2.27. The van der Waals surface area contributed by atoms with E-state index in [1.165, 1.54) is 11.3 Å². The molecule has 1 aromatic rings. The van der Waals surface area contributed by atoms with Crippen LogP contribution >= 0.6 is 0 Å². The number of allylic oxidation sites excluding steroid dienone is 1. The van der Waals surface area contributed by atoms with Crippen molar-refractivity contribution in [3.63, 3.8) is 0 Å². The molecule has 0 N–H and O–H groups in total. The van der Waals surface area contributed by atoms with Crippen molar-refractivity contribution >= 4 is 17.9 Å². The predicted octanol–water partition coefficient (Wildman–Crippen LogP) is 3.79. The molecule has 0 saturated heterocycles. The highest BCUT2D eigenvalue weighted by atomic mass is 15.4. The van der Waals surface area contributed by atoms with E-state index in [1.54, 1.807) is 12.3 Å². The Morgan fingerprint density at radius 1 is 1.06 bits per heavy atom. The molecule has 1 aromatic heterocycles. The molecule has 2 heterocycles. The Labute approximate surface area is 109 Å². The summed E-state index contributed by atoms with van der Waals surface area (Å²) in [5.41, 5.74) is 2.63. The number of hydrogen-bond acceptors (Lipinski definition) is 2. The monoisotopic (exact) mass is 243 g/mol. The van der Waals surface area contributed by atoms with Crippen molar-refractivity contribution in [3.05, 3.63) is 23.4 Å². The summed E-state index contributed by atoms with van der Waals surface area (Å²) in [6.07, 6.45) is 3.47. The average Bonchev–Trinajstić information content (AvgIpc) is 2.43. The molecule has 0 fully saturated rings. The van der Waals surface area contributed by atoms with E-state index < -0.39 is 0 Å². The van der Waals surface area contributed by atoms with Crippen LogP contribution in [0.1, 0.15) is 52.8 Å². The SMILES string of the molecule is CC(C)(C)c1cc2n(c1C(C)(C)C)N=CC=C=N2. The van der Waals surface area contributed by atoms with Gasteiger partial charge in [0, 0.05) is 11.5 Å². The van der Waals surface area contributed by atoms with Gasteiger partial charge in [-0.2, -0.15) is 10.1 Å². The molecule has 0 atom stereocenters. The first-order chi connectivity index (χ1) is 8.21. The van der Waals surface area contributed by atoms with Gasteiger partial charge in [-0.3, -0.25) is 0 Å². The van der Waals surface area contributed by atoms with Gasteiger partial charge in [0.2, 0.25) is 0 Å². The minimum atomic E-state index is 0.0259. The van der Waals surface area contributed by atoms with Crippen LogP contribution in [0, 0.1) is 0 Å². The second kappa shape index (κ2) is 3.96. The van der Waals surface area contributed by atoms with Gasteiger partial charge >= 0.3 is 0 Å². The zero-order valence-corrected chi connectivity index (χ0v) is 12.1. The van der Waals surface area contributed by atoms with Crippen molar-refractivity contribution in [2.45, 2.75) is 52.4 Å². The fraction of sp³-hybridized carbons (Fsp3) is 0.533. The molecular formula is C15H21N3. The largest absolute Gasteiger partial charge is 0.218 e. The number of hydrogen-bond donors (Lipinski definition) is 0. The van der Waals surface area contributed by atoms with E-state index in [2.05, 4.69) is 63.6 Å². The zero-order valence-electron chi connectivity index (χ0n) is 12.1. The first-order valence-electron chi connectivity index (χ1n) is 6.30. The van der Waals surface area contributed by atoms with E-state index in [0.717, 1.165) is 5.82 Å². The van der Waals surface area contributed by atoms with Gasteiger partial charge in [0.05, 0.1) is 11.9 Å². The van der Waals surface area contributed by atoms with Crippen molar-refractivity contribution in [2.24, 2.45) is 10.1 Å². The minimum Gasteiger partial charge on any atom is -0.218 e. The van der Waals surface area contributed by atoms with Crippen molar-refractivity contribution < 1.29 is 0 Å². The highest BCUT2D eigenvalue weighted by molar-refractivity contribution is 5.85. The lowest BCUT2D eigenvalue weighted by atomic mass is 9.79. The maximum atomic E-state index is 4.47. The summed E-state index contributed by atoms with van der Waals surface area (Å²) >= 11 is 0. The Hall–Kier alpha value is -1.60. The molecule has 0 saturated carbocycles. The summed E-state index contributed by atoms with van der Waals surface area (Å²) in [6.45, 7) is 13.3. The third-order valence-electron chi connectivity index (χ3n) is 2.99. The van der Waals surface area contributed by atoms with Gasteiger partial charge in [-0.25, -0.2) is 4.68 Å². The molecule has 3 heteroatoms. The first kappa shape index (κ1) is 12.8. The third-order valence-corrected chi connectivity index (χ3v) is 2.99. The van der Waals surface area contributed by atoms with Crippen LogP contribution in [0.3, 0.4) is 0 Å². The lowest BCUT2D eigenvalue weighted by molar-refractivity contribution is 0.500. The molecule has 0 aromatic carbocycles. The van der Waals surface area contributed by atoms with Crippen LogP contribution in [-0.2, 0) is 10.8 Å². The van der Waals surface area contributed by atoms with E-state index in [4.69, 9.17) is 0 Å². The Kier molecular flexibility index (Phi) is 2.83. The standard InChI is InChI=1S/C15H21N3/c1-14(2,3)11-10-12-16-8-7-9-17-18(12)13(11)15(4,5)6/h7,9-10H,1-6H3. The fourth-order valence-corrected chi connectivity index (χ4v) is 2.21. The molecule has 0 aliphatic carbocycles. The highest BCUT2D eigenvalue weighted by Gasteiger charge is 2.31. The van der Waals surface area contributed by atoms with Gasteiger partial charge in [-0.05, 0) is 22.9 Å². The maximum absolute atomic E-state index is 4.47. The number of fused-ring (bicyclic) bond motifs is 1. The first-order valence-corrected chi connectivity index (χ1v) is 6.30. The Balaban J connectivity index is 2.78. The molecular weight excluding hydrogens is 222 g/mol. The molecule has 96 valence electrons. The normalized spacial score (nSPS) is 14.8. The van der Waals surface area contributed by atoms with E-state index in [-0.39, 0.29) is 10.8 Å².